The van der Waals surface area contributed by atoms with Crippen LogP contribution in [0.1, 0.15) is 27.6 Å². The summed E-state index contributed by atoms with van der Waals surface area (Å²) in [6, 6.07) is 2.14. The third-order valence-electron chi connectivity index (χ3n) is 3.81. The number of nitrogens with zero attached hydrogens (tertiary/aromatic N) is 6. The van der Waals surface area contributed by atoms with Crippen LogP contribution in [-0.2, 0) is 19.8 Å². The van der Waals surface area contributed by atoms with E-state index in [-0.39, 0.29) is 23.6 Å². The van der Waals surface area contributed by atoms with Crippen molar-refractivity contribution in [3.8, 4) is 0 Å². The fourth-order valence-corrected chi connectivity index (χ4v) is 2.99. The molecule has 3 aromatic rings. The highest BCUT2D eigenvalue weighted by Gasteiger charge is 2.35. The van der Waals surface area contributed by atoms with Gasteiger partial charge < -0.3 is 4.90 Å². The van der Waals surface area contributed by atoms with Crippen LogP contribution in [-0.4, -0.2) is 42.2 Å². The quantitative estimate of drug-likeness (QED) is 0.640. The molecule has 0 unspecified atom stereocenters. The Balaban J connectivity index is 1.96. The first-order valence-electron chi connectivity index (χ1n) is 7.44. The second-order valence-electron chi connectivity index (χ2n) is 5.80. The summed E-state index contributed by atoms with van der Waals surface area (Å²) in [4.78, 5) is 18.0. The largest absolute Gasteiger partial charge is 0.433 e. The zero-order chi connectivity index (χ0) is 19.2. The Kier molecular flexibility index (Phi) is 4.51. The summed E-state index contributed by atoms with van der Waals surface area (Å²) in [6.07, 6.45) is -3.01. The van der Waals surface area contributed by atoms with E-state index in [9.17, 15) is 18.0 Å². The molecule has 0 aliphatic rings. The Hall–Kier alpha value is -2.43. The standard InChI is InChI=1S/C15H14BrF3N6O/c1-8-4-12(15(17,18)19)25-13(21-8)5-10(22-25)14(26)23(2)7-11-9(16)6-20-24(11)3/h4-6H,7H2,1-3H3. The lowest BCUT2D eigenvalue weighted by Gasteiger charge is -2.16. The number of rotatable bonds is 3. The van der Waals surface area contributed by atoms with Crippen LogP contribution in [0.2, 0.25) is 0 Å². The van der Waals surface area contributed by atoms with Gasteiger partial charge in [-0.1, -0.05) is 0 Å². The fraction of sp³-hybridized carbons (Fsp3) is 0.333. The van der Waals surface area contributed by atoms with E-state index in [2.05, 4.69) is 31.1 Å². The summed E-state index contributed by atoms with van der Waals surface area (Å²) >= 11 is 3.34. The zero-order valence-corrected chi connectivity index (χ0v) is 15.6. The van der Waals surface area contributed by atoms with Crippen molar-refractivity contribution in [1.29, 1.82) is 0 Å². The Morgan fingerprint density at radius 3 is 2.62 bits per heavy atom. The minimum atomic E-state index is -4.61. The van der Waals surface area contributed by atoms with Crippen molar-refractivity contribution in [3.05, 3.63) is 45.6 Å². The molecule has 0 aromatic carbocycles. The molecule has 0 aliphatic heterocycles. The Morgan fingerprint density at radius 1 is 1.35 bits per heavy atom. The topological polar surface area (TPSA) is 68.3 Å². The van der Waals surface area contributed by atoms with E-state index in [1.807, 2.05) is 0 Å². The summed E-state index contributed by atoms with van der Waals surface area (Å²) in [6.45, 7) is 1.66. The number of hydrogen-bond acceptors (Lipinski definition) is 4. The lowest BCUT2D eigenvalue weighted by molar-refractivity contribution is -0.142. The molecule has 0 radical (unpaired) electrons. The van der Waals surface area contributed by atoms with Crippen LogP contribution in [0.25, 0.3) is 5.65 Å². The SMILES string of the molecule is Cc1cc(C(F)(F)F)n2nc(C(=O)N(C)Cc3c(Br)cnn3C)cc2n1. The molecule has 0 N–H and O–H groups in total. The maximum atomic E-state index is 13.2. The van der Waals surface area contributed by atoms with Gasteiger partial charge >= 0.3 is 6.18 Å². The summed E-state index contributed by atoms with van der Waals surface area (Å²) in [5.74, 6) is -0.519. The lowest BCUT2D eigenvalue weighted by atomic mass is 10.3. The molecule has 0 saturated carbocycles. The summed E-state index contributed by atoms with van der Waals surface area (Å²) < 4.78 is 42.6. The zero-order valence-electron chi connectivity index (χ0n) is 14.0. The van der Waals surface area contributed by atoms with Crippen LogP contribution in [0.15, 0.2) is 22.8 Å². The van der Waals surface area contributed by atoms with E-state index in [0.29, 0.717) is 4.52 Å². The van der Waals surface area contributed by atoms with Crippen LogP contribution >= 0.6 is 15.9 Å². The number of hydrogen-bond donors (Lipinski definition) is 0. The molecule has 11 heteroatoms. The number of aromatic nitrogens is 5. The molecule has 0 bridgehead atoms. The number of alkyl halides is 3. The number of halogens is 4. The molecule has 0 spiro atoms. The van der Waals surface area contributed by atoms with Gasteiger partial charge in [-0.2, -0.15) is 23.4 Å². The summed E-state index contributed by atoms with van der Waals surface area (Å²) in [7, 11) is 3.26. The van der Waals surface area contributed by atoms with E-state index in [4.69, 9.17) is 0 Å². The molecule has 7 nitrogen and oxygen atoms in total. The highest BCUT2D eigenvalue weighted by Crippen LogP contribution is 2.30. The number of fused-ring (bicyclic) bond motifs is 1. The minimum Gasteiger partial charge on any atom is -0.334 e. The second kappa shape index (κ2) is 6.38. The molecule has 3 rings (SSSR count). The molecule has 0 aliphatic carbocycles. The third-order valence-corrected chi connectivity index (χ3v) is 4.47. The average Bonchev–Trinajstić information content (AvgIpc) is 3.10. The maximum absolute atomic E-state index is 13.2. The van der Waals surface area contributed by atoms with Crippen molar-refractivity contribution in [3.63, 3.8) is 0 Å². The Labute approximate surface area is 154 Å². The predicted octanol–water partition coefficient (Wildman–Crippen LogP) is 2.82. The molecule has 1 amide bonds. The van der Waals surface area contributed by atoms with Gasteiger partial charge in [0.25, 0.3) is 5.91 Å². The van der Waals surface area contributed by atoms with Gasteiger partial charge in [0.05, 0.1) is 22.9 Å². The average molecular weight is 431 g/mol. The maximum Gasteiger partial charge on any atom is 0.433 e. The van der Waals surface area contributed by atoms with Crippen LogP contribution in [0.3, 0.4) is 0 Å². The second-order valence-corrected chi connectivity index (χ2v) is 6.66. The molecule has 0 atom stereocenters. The first kappa shape index (κ1) is 18.4. The van der Waals surface area contributed by atoms with E-state index in [1.165, 1.54) is 24.9 Å². The molecule has 138 valence electrons. The highest BCUT2D eigenvalue weighted by molar-refractivity contribution is 9.10. The van der Waals surface area contributed by atoms with Crippen molar-refractivity contribution in [1.82, 2.24) is 29.3 Å². The van der Waals surface area contributed by atoms with Gasteiger partial charge in [0.2, 0.25) is 0 Å². The number of amides is 1. The van der Waals surface area contributed by atoms with Gasteiger partial charge in [0, 0.05) is 25.9 Å². The smallest absolute Gasteiger partial charge is 0.334 e. The lowest BCUT2D eigenvalue weighted by Crippen LogP contribution is -2.28. The number of carbonyl (C=O) groups excluding carboxylic acids is 1. The predicted molar refractivity (Wildman–Crippen MR) is 89.4 cm³/mol. The first-order chi connectivity index (χ1) is 12.1. The molecule has 3 heterocycles. The van der Waals surface area contributed by atoms with Crippen LogP contribution in [0.5, 0.6) is 0 Å². The fourth-order valence-electron chi connectivity index (χ4n) is 2.51. The summed E-state index contributed by atoms with van der Waals surface area (Å²) in [5, 5.41) is 7.89. The Morgan fingerprint density at radius 2 is 2.04 bits per heavy atom. The first-order valence-corrected chi connectivity index (χ1v) is 8.23. The monoisotopic (exact) mass is 430 g/mol. The normalized spacial score (nSPS) is 12.0. The van der Waals surface area contributed by atoms with E-state index < -0.39 is 17.8 Å². The molecule has 0 saturated heterocycles. The highest BCUT2D eigenvalue weighted by atomic mass is 79.9. The Bertz CT molecular complexity index is 974. The number of aryl methyl sites for hydroxylation is 2. The minimum absolute atomic E-state index is 0.0317. The van der Waals surface area contributed by atoms with Gasteiger partial charge in [-0.25, -0.2) is 9.50 Å². The van der Waals surface area contributed by atoms with E-state index >= 15 is 0 Å². The number of carbonyl (C=O) groups is 1. The molecule has 26 heavy (non-hydrogen) atoms. The van der Waals surface area contributed by atoms with Crippen molar-refractivity contribution >= 4 is 27.5 Å². The van der Waals surface area contributed by atoms with Gasteiger partial charge in [-0.3, -0.25) is 9.48 Å². The van der Waals surface area contributed by atoms with Crippen molar-refractivity contribution < 1.29 is 18.0 Å². The van der Waals surface area contributed by atoms with Gasteiger partial charge in [-0.05, 0) is 28.9 Å². The molecule has 3 aromatic heterocycles. The van der Waals surface area contributed by atoms with Crippen molar-refractivity contribution in [2.24, 2.45) is 7.05 Å². The van der Waals surface area contributed by atoms with Crippen LogP contribution in [0, 0.1) is 6.92 Å². The third kappa shape index (κ3) is 3.30. The van der Waals surface area contributed by atoms with Gasteiger partial charge in [0.15, 0.2) is 11.3 Å². The van der Waals surface area contributed by atoms with E-state index in [1.54, 1.807) is 17.9 Å². The molecular weight excluding hydrogens is 417 g/mol. The van der Waals surface area contributed by atoms with Crippen LogP contribution in [0.4, 0.5) is 13.2 Å². The van der Waals surface area contributed by atoms with Gasteiger partial charge in [-0.15, -0.1) is 0 Å². The molecular formula is C15H14BrF3N6O. The van der Waals surface area contributed by atoms with Crippen molar-refractivity contribution in [2.75, 3.05) is 7.05 Å². The van der Waals surface area contributed by atoms with E-state index in [0.717, 1.165) is 16.2 Å². The van der Waals surface area contributed by atoms with Crippen LogP contribution < -0.4 is 0 Å². The van der Waals surface area contributed by atoms with Gasteiger partial charge in [0.1, 0.15) is 5.69 Å². The summed E-state index contributed by atoms with van der Waals surface area (Å²) in [5.41, 5.74) is -0.188. The molecule has 0 fully saturated rings. The van der Waals surface area contributed by atoms with Crippen molar-refractivity contribution in [2.45, 2.75) is 19.6 Å².